The Labute approximate surface area is 115 Å². The molecule has 0 saturated heterocycles. The van der Waals surface area contributed by atoms with Crippen molar-refractivity contribution < 1.29 is 19.5 Å². The van der Waals surface area contributed by atoms with E-state index in [2.05, 4.69) is 0 Å². The standard InChI is InChI=1S/C14H13NO5/c1-9-12(16)4-3-5-13(9)20-10-6-7-11(15(17)18)14(8-10)19-2/h3-8,16H,1-2H3. The first kappa shape index (κ1) is 13.7. The molecule has 6 heteroatoms. The van der Waals surface area contributed by atoms with E-state index in [-0.39, 0.29) is 17.2 Å². The maximum absolute atomic E-state index is 10.8. The number of rotatable bonds is 4. The van der Waals surface area contributed by atoms with Gasteiger partial charge in [-0.3, -0.25) is 10.1 Å². The average molecular weight is 275 g/mol. The Bertz CT molecular complexity index is 654. The predicted octanol–water partition coefficient (Wildman–Crippen LogP) is 3.41. The lowest BCUT2D eigenvalue weighted by Crippen LogP contribution is -1.95. The van der Waals surface area contributed by atoms with Crippen LogP contribution in [0.15, 0.2) is 36.4 Å². The molecule has 104 valence electrons. The fourth-order valence-corrected chi connectivity index (χ4v) is 1.71. The van der Waals surface area contributed by atoms with Crippen molar-refractivity contribution in [1.82, 2.24) is 0 Å². The van der Waals surface area contributed by atoms with Gasteiger partial charge < -0.3 is 14.6 Å². The Balaban J connectivity index is 2.35. The van der Waals surface area contributed by atoms with E-state index in [0.29, 0.717) is 17.1 Å². The zero-order valence-electron chi connectivity index (χ0n) is 11.0. The molecule has 0 fully saturated rings. The summed E-state index contributed by atoms with van der Waals surface area (Å²) in [4.78, 5) is 10.3. The number of methoxy groups -OCH3 is 1. The Morgan fingerprint density at radius 3 is 2.60 bits per heavy atom. The van der Waals surface area contributed by atoms with Crippen LogP contribution in [0.2, 0.25) is 0 Å². The van der Waals surface area contributed by atoms with Crippen molar-refractivity contribution in [2.45, 2.75) is 6.92 Å². The van der Waals surface area contributed by atoms with Crippen LogP contribution in [0.4, 0.5) is 5.69 Å². The van der Waals surface area contributed by atoms with Crippen LogP contribution >= 0.6 is 0 Å². The number of phenolic OH excluding ortho intramolecular Hbond substituents is 1. The zero-order valence-corrected chi connectivity index (χ0v) is 11.0. The molecule has 0 radical (unpaired) electrons. The van der Waals surface area contributed by atoms with Gasteiger partial charge in [0.25, 0.3) is 0 Å². The first-order valence-corrected chi connectivity index (χ1v) is 5.82. The highest BCUT2D eigenvalue weighted by molar-refractivity contribution is 5.52. The van der Waals surface area contributed by atoms with E-state index in [1.54, 1.807) is 25.1 Å². The summed E-state index contributed by atoms with van der Waals surface area (Å²) in [6.45, 7) is 1.72. The van der Waals surface area contributed by atoms with Crippen LogP contribution in [0, 0.1) is 17.0 Å². The van der Waals surface area contributed by atoms with Crippen molar-refractivity contribution in [2.24, 2.45) is 0 Å². The quantitative estimate of drug-likeness (QED) is 0.683. The highest BCUT2D eigenvalue weighted by Gasteiger charge is 2.16. The lowest BCUT2D eigenvalue weighted by atomic mass is 10.2. The summed E-state index contributed by atoms with van der Waals surface area (Å²) >= 11 is 0. The number of phenols is 1. The smallest absolute Gasteiger partial charge is 0.311 e. The number of nitro groups is 1. The summed E-state index contributed by atoms with van der Waals surface area (Å²) in [6, 6.07) is 9.12. The molecule has 20 heavy (non-hydrogen) atoms. The molecule has 0 unspecified atom stereocenters. The number of hydrogen-bond donors (Lipinski definition) is 1. The van der Waals surface area contributed by atoms with Crippen molar-refractivity contribution in [3.63, 3.8) is 0 Å². The molecule has 2 aromatic carbocycles. The predicted molar refractivity (Wildman–Crippen MR) is 72.6 cm³/mol. The lowest BCUT2D eigenvalue weighted by Gasteiger charge is -2.10. The summed E-state index contributed by atoms with van der Waals surface area (Å²) in [5.74, 6) is 1.10. The molecule has 0 heterocycles. The minimum Gasteiger partial charge on any atom is -0.508 e. The van der Waals surface area contributed by atoms with E-state index in [4.69, 9.17) is 9.47 Å². The normalized spacial score (nSPS) is 10.1. The van der Waals surface area contributed by atoms with Crippen LogP contribution in [-0.4, -0.2) is 17.1 Å². The fraction of sp³-hybridized carbons (Fsp3) is 0.143. The summed E-state index contributed by atoms with van der Waals surface area (Å²) in [5.41, 5.74) is 0.456. The minimum atomic E-state index is -0.526. The first-order valence-electron chi connectivity index (χ1n) is 5.82. The average Bonchev–Trinajstić information content (AvgIpc) is 2.43. The maximum atomic E-state index is 10.8. The van der Waals surface area contributed by atoms with Gasteiger partial charge in [-0.2, -0.15) is 0 Å². The van der Waals surface area contributed by atoms with Crippen molar-refractivity contribution in [3.05, 3.63) is 52.1 Å². The van der Waals surface area contributed by atoms with E-state index in [0.717, 1.165) is 0 Å². The molecule has 0 aromatic heterocycles. The number of aromatic hydroxyl groups is 1. The lowest BCUT2D eigenvalue weighted by molar-refractivity contribution is -0.385. The van der Waals surface area contributed by atoms with E-state index < -0.39 is 4.92 Å². The van der Waals surface area contributed by atoms with Crippen LogP contribution in [0.5, 0.6) is 23.0 Å². The van der Waals surface area contributed by atoms with E-state index in [1.807, 2.05) is 0 Å². The SMILES string of the molecule is COc1cc(Oc2cccc(O)c2C)ccc1[N+](=O)[O-]. The monoisotopic (exact) mass is 275 g/mol. The van der Waals surface area contributed by atoms with Gasteiger partial charge in [-0.25, -0.2) is 0 Å². The topological polar surface area (TPSA) is 81.8 Å². The van der Waals surface area contributed by atoms with Gasteiger partial charge >= 0.3 is 5.69 Å². The maximum Gasteiger partial charge on any atom is 0.311 e. The third kappa shape index (κ3) is 2.64. The summed E-state index contributed by atoms with van der Waals surface area (Å²) < 4.78 is 10.6. The molecular weight excluding hydrogens is 262 g/mol. The van der Waals surface area contributed by atoms with Crippen LogP contribution in [0.1, 0.15) is 5.56 Å². The Kier molecular flexibility index (Phi) is 3.74. The first-order chi connectivity index (χ1) is 9.52. The molecule has 2 rings (SSSR count). The highest BCUT2D eigenvalue weighted by atomic mass is 16.6. The fourth-order valence-electron chi connectivity index (χ4n) is 1.71. The van der Waals surface area contributed by atoms with Gasteiger partial charge in [0, 0.05) is 17.7 Å². The van der Waals surface area contributed by atoms with Gasteiger partial charge in [0.05, 0.1) is 12.0 Å². The number of benzene rings is 2. The van der Waals surface area contributed by atoms with E-state index in [9.17, 15) is 15.2 Å². The molecule has 6 nitrogen and oxygen atoms in total. The molecule has 0 spiro atoms. The largest absolute Gasteiger partial charge is 0.508 e. The number of nitrogens with zero attached hydrogens (tertiary/aromatic N) is 1. The molecule has 0 amide bonds. The molecule has 0 aliphatic heterocycles. The molecule has 0 aliphatic rings. The van der Waals surface area contributed by atoms with Crippen molar-refractivity contribution in [2.75, 3.05) is 7.11 Å². The minimum absolute atomic E-state index is 0.116. The van der Waals surface area contributed by atoms with Crippen LogP contribution in [0.3, 0.4) is 0 Å². The number of ether oxygens (including phenoxy) is 2. The second-order valence-corrected chi connectivity index (χ2v) is 4.09. The van der Waals surface area contributed by atoms with Gasteiger partial charge in [0.15, 0.2) is 0 Å². The summed E-state index contributed by atoms with van der Waals surface area (Å²) in [5, 5.41) is 20.4. The van der Waals surface area contributed by atoms with Crippen molar-refractivity contribution in [3.8, 4) is 23.0 Å². The number of nitro benzene ring substituents is 1. The Hall–Kier alpha value is -2.76. The third-order valence-electron chi connectivity index (χ3n) is 2.83. The van der Waals surface area contributed by atoms with Gasteiger partial charge in [-0.15, -0.1) is 0 Å². The number of hydrogen-bond acceptors (Lipinski definition) is 5. The zero-order chi connectivity index (χ0) is 14.7. The second kappa shape index (κ2) is 5.48. The van der Waals surface area contributed by atoms with Gasteiger partial charge in [0.1, 0.15) is 17.2 Å². The van der Waals surface area contributed by atoms with E-state index in [1.165, 1.54) is 25.3 Å². The highest BCUT2D eigenvalue weighted by Crippen LogP contribution is 2.35. The molecule has 0 saturated carbocycles. The molecule has 2 aromatic rings. The molecule has 0 atom stereocenters. The van der Waals surface area contributed by atoms with Gasteiger partial charge in [-0.05, 0) is 25.1 Å². The van der Waals surface area contributed by atoms with Crippen molar-refractivity contribution >= 4 is 5.69 Å². The Morgan fingerprint density at radius 2 is 1.95 bits per heavy atom. The third-order valence-corrected chi connectivity index (χ3v) is 2.83. The van der Waals surface area contributed by atoms with Crippen molar-refractivity contribution in [1.29, 1.82) is 0 Å². The van der Waals surface area contributed by atoms with Gasteiger partial charge in [0.2, 0.25) is 5.75 Å². The van der Waals surface area contributed by atoms with Crippen LogP contribution in [-0.2, 0) is 0 Å². The van der Waals surface area contributed by atoms with Gasteiger partial charge in [-0.1, -0.05) is 6.07 Å². The molecule has 0 aliphatic carbocycles. The van der Waals surface area contributed by atoms with Crippen LogP contribution < -0.4 is 9.47 Å². The Morgan fingerprint density at radius 1 is 1.20 bits per heavy atom. The van der Waals surface area contributed by atoms with E-state index >= 15 is 0 Å². The summed E-state index contributed by atoms with van der Waals surface area (Å²) in [6.07, 6.45) is 0. The molecule has 0 bridgehead atoms. The molecular formula is C14H13NO5. The summed E-state index contributed by atoms with van der Waals surface area (Å²) in [7, 11) is 1.35. The van der Waals surface area contributed by atoms with Crippen LogP contribution in [0.25, 0.3) is 0 Å². The molecule has 1 N–H and O–H groups in total. The second-order valence-electron chi connectivity index (χ2n) is 4.09.